The highest BCUT2D eigenvalue weighted by atomic mass is 32.2. The molecule has 0 bridgehead atoms. The van der Waals surface area contributed by atoms with Gasteiger partial charge >= 0.3 is 0 Å². The molecule has 8 heteroatoms. The van der Waals surface area contributed by atoms with Crippen LogP contribution in [-0.4, -0.2) is 27.6 Å². The lowest BCUT2D eigenvalue weighted by atomic mass is 10.4. The Morgan fingerprint density at radius 3 is 2.35 bits per heavy atom. The molecule has 94 valence electrons. The van der Waals surface area contributed by atoms with Crippen molar-refractivity contribution in [3.8, 4) is 0 Å². The molecule has 1 aliphatic carbocycles. The molecule has 17 heavy (non-hydrogen) atoms. The third-order valence-electron chi connectivity index (χ3n) is 2.35. The van der Waals surface area contributed by atoms with Gasteiger partial charge < -0.3 is 0 Å². The van der Waals surface area contributed by atoms with Crippen LogP contribution < -0.4 is 4.83 Å². The van der Waals surface area contributed by atoms with Crippen LogP contribution in [0.4, 0.5) is 0 Å². The van der Waals surface area contributed by atoms with Gasteiger partial charge in [0.2, 0.25) is 11.3 Å². The summed E-state index contributed by atoms with van der Waals surface area (Å²) in [6.07, 6.45) is 1.38. The summed E-state index contributed by atoms with van der Waals surface area (Å²) in [6, 6.07) is 7.58. The Morgan fingerprint density at radius 2 is 1.88 bits per heavy atom. The second kappa shape index (κ2) is 4.83. The van der Waals surface area contributed by atoms with Gasteiger partial charge in [0.25, 0.3) is 10.0 Å². The molecule has 0 amide bonds. The molecule has 1 saturated carbocycles. The molecule has 0 aliphatic heterocycles. The monoisotopic (exact) mass is 276 g/mol. The fourth-order valence-electron chi connectivity index (χ4n) is 1.41. The first kappa shape index (κ1) is 12.7. The quantitative estimate of drug-likeness (QED) is 0.605. The van der Waals surface area contributed by atoms with Crippen molar-refractivity contribution >= 4 is 21.3 Å². The first-order valence-electron chi connectivity index (χ1n) is 4.98. The SMILES string of the molecule is O=S(O)NN(C1CC1)S(=O)(=O)c1ccccc1. The molecule has 1 aliphatic rings. The molecule has 0 saturated heterocycles. The third-order valence-corrected chi connectivity index (χ3v) is 4.59. The average Bonchev–Trinajstić information content (AvgIpc) is 3.10. The van der Waals surface area contributed by atoms with Crippen molar-refractivity contribution in [1.82, 2.24) is 9.25 Å². The lowest BCUT2D eigenvalue weighted by Gasteiger charge is -2.20. The van der Waals surface area contributed by atoms with Crippen LogP contribution in [0.25, 0.3) is 0 Å². The Morgan fingerprint density at radius 1 is 1.29 bits per heavy atom. The first-order chi connectivity index (χ1) is 8.01. The van der Waals surface area contributed by atoms with Crippen LogP contribution in [0.2, 0.25) is 0 Å². The zero-order valence-corrected chi connectivity index (χ0v) is 10.4. The molecule has 1 unspecified atom stereocenters. The number of sulfonamides is 1. The van der Waals surface area contributed by atoms with E-state index in [9.17, 15) is 12.6 Å². The molecule has 0 spiro atoms. The van der Waals surface area contributed by atoms with E-state index in [4.69, 9.17) is 4.55 Å². The van der Waals surface area contributed by atoms with E-state index in [0.29, 0.717) is 12.8 Å². The van der Waals surface area contributed by atoms with Crippen molar-refractivity contribution < 1.29 is 17.2 Å². The molecular formula is C9H12N2O4S2. The lowest BCUT2D eigenvalue weighted by molar-refractivity contribution is 0.363. The van der Waals surface area contributed by atoms with Crippen molar-refractivity contribution in [2.24, 2.45) is 0 Å². The third kappa shape index (κ3) is 2.90. The zero-order chi connectivity index (χ0) is 12.5. The Bertz CT molecular complexity index is 513. The minimum absolute atomic E-state index is 0.102. The Hall–Kier alpha value is -0.800. The molecule has 2 N–H and O–H groups in total. The molecule has 0 radical (unpaired) electrons. The number of benzene rings is 1. The fourth-order valence-corrected chi connectivity index (χ4v) is 3.63. The zero-order valence-electron chi connectivity index (χ0n) is 8.81. The van der Waals surface area contributed by atoms with Gasteiger partial charge in [-0.15, -0.1) is 9.25 Å². The maximum Gasteiger partial charge on any atom is 0.256 e. The summed E-state index contributed by atoms with van der Waals surface area (Å²) < 4.78 is 44.7. The van der Waals surface area contributed by atoms with Gasteiger partial charge in [-0.3, -0.25) is 4.55 Å². The van der Waals surface area contributed by atoms with Crippen LogP contribution in [0.1, 0.15) is 12.8 Å². The van der Waals surface area contributed by atoms with Crippen LogP contribution >= 0.6 is 0 Å². The van der Waals surface area contributed by atoms with Crippen LogP contribution in [0.5, 0.6) is 0 Å². The molecule has 1 aromatic rings. The molecule has 1 aromatic carbocycles. The summed E-state index contributed by atoms with van der Waals surface area (Å²) >= 11 is -2.40. The number of rotatable bonds is 5. The summed E-state index contributed by atoms with van der Waals surface area (Å²) in [4.78, 5) is 2.16. The van der Waals surface area contributed by atoms with Gasteiger partial charge in [0, 0.05) is 6.04 Å². The minimum atomic E-state index is -3.76. The molecule has 0 aromatic heterocycles. The standard InChI is InChI=1S/C9H12N2O4S2/c12-16(13)10-11(8-6-7-8)17(14,15)9-4-2-1-3-5-9/h1-5,8,10H,6-7H2,(H,12,13). The largest absolute Gasteiger partial charge is 0.293 e. The number of hydrazine groups is 1. The number of hydrogen-bond donors (Lipinski definition) is 2. The smallest absolute Gasteiger partial charge is 0.256 e. The van der Waals surface area contributed by atoms with Crippen molar-refractivity contribution in [3.05, 3.63) is 30.3 Å². The Labute approximate surface area is 102 Å². The van der Waals surface area contributed by atoms with Crippen molar-refractivity contribution in [2.45, 2.75) is 23.8 Å². The Kier molecular flexibility index (Phi) is 3.59. The van der Waals surface area contributed by atoms with Gasteiger partial charge in [-0.1, -0.05) is 18.2 Å². The van der Waals surface area contributed by atoms with E-state index in [1.165, 1.54) is 12.1 Å². The van der Waals surface area contributed by atoms with E-state index in [-0.39, 0.29) is 10.9 Å². The van der Waals surface area contributed by atoms with Crippen LogP contribution in [-0.2, 0) is 21.3 Å². The van der Waals surface area contributed by atoms with Gasteiger partial charge in [-0.05, 0) is 25.0 Å². The van der Waals surface area contributed by atoms with Gasteiger partial charge in [0.1, 0.15) is 0 Å². The number of nitrogens with zero attached hydrogens (tertiary/aromatic N) is 1. The summed E-state index contributed by atoms with van der Waals surface area (Å²) in [5.41, 5.74) is 0. The van der Waals surface area contributed by atoms with Gasteiger partial charge in [-0.25, -0.2) is 12.6 Å². The molecule has 0 heterocycles. The van der Waals surface area contributed by atoms with E-state index in [2.05, 4.69) is 4.83 Å². The molecule has 1 fully saturated rings. The van der Waals surface area contributed by atoms with Crippen LogP contribution in [0.15, 0.2) is 35.2 Å². The maximum atomic E-state index is 12.2. The number of hydrogen-bond acceptors (Lipinski definition) is 3. The van der Waals surface area contributed by atoms with E-state index in [1.54, 1.807) is 18.2 Å². The lowest BCUT2D eigenvalue weighted by Crippen LogP contribution is -2.45. The van der Waals surface area contributed by atoms with Crippen molar-refractivity contribution in [3.63, 3.8) is 0 Å². The molecule has 1 atom stereocenters. The summed E-state index contributed by atoms with van der Waals surface area (Å²) in [6.45, 7) is 0. The first-order valence-corrected chi connectivity index (χ1v) is 7.53. The molecule has 2 rings (SSSR count). The maximum absolute atomic E-state index is 12.2. The summed E-state index contributed by atoms with van der Waals surface area (Å²) in [5.74, 6) is 0. The number of nitrogens with one attached hydrogen (secondary N) is 1. The second-order valence-corrected chi connectivity index (χ2v) is 6.18. The second-order valence-electron chi connectivity index (χ2n) is 3.69. The fraction of sp³-hybridized carbons (Fsp3) is 0.333. The van der Waals surface area contributed by atoms with Gasteiger partial charge in [-0.2, -0.15) is 0 Å². The highest BCUT2D eigenvalue weighted by Gasteiger charge is 2.39. The van der Waals surface area contributed by atoms with Gasteiger partial charge in [0.15, 0.2) is 0 Å². The van der Waals surface area contributed by atoms with Crippen molar-refractivity contribution in [1.29, 1.82) is 0 Å². The predicted octanol–water partition coefficient (Wildman–Crippen LogP) is 0.481. The average molecular weight is 276 g/mol. The summed E-state index contributed by atoms with van der Waals surface area (Å²) in [5, 5.41) is 0. The highest BCUT2D eigenvalue weighted by molar-refractivity contribution is 7.89. The van der Waals surface area contributed by atoms with Crippen LogP contribution in [0.3, 0.4) is 0 Å². The van der Waals surface area contributed by atoms with E-state index < -0.39 is 21.3 Å². The molecule has 6 nitrogen and oxygen atoms in total. The van der Waals surface area contributed by atoms with Gasteiger partial charge in [0.05, 0.1) is 4.90 Å². The topological polar surface area (TPSA) is 86.7 Å². The molecular weight excluding hydrogens is 264 g/mol. The van der Waals surface area contributed by atoms with E-state index in [0.717, 1.165) is 4.41 Å². The van der Waals surface area contributed by atoms with Crippen molar-refractivity contribution in [2.75, 3.05) is 0 Å². The van der Waals surface area contributed by atoms with E-state index >= 15 is 0 Å². The minimum Gasteiger partial charge on any atom is -0.293 e. The predicted molar refractivity (Wildman–Crippen MR) is 62.4 cm³/mol. The highest BCUT2D eigenvalue weighted by Crippen LogP contribution is 2.30. The summed E-state index contributed by atoms with van der Waals surface area (Å²) in [7, 11) is -3.76. The normalized spacial score (nSPS) is 18.2. The van der Waals surface area contributed by atoms with Crippen LogP contribution in [0, 0.1) is 0 Å². The van der Waals surface area contributed by atoms with E-state index in [1.807, 2.05) is 0 Å². The Balaban J connectivity index is 2.32.